The van der Waals surface area contributed by atoms with Gasteiger partial charge in [-0.05, 0) is 43.2 Å². The molecule has 0 radical (unpaired) electrons. The Labute approximate surface area is 171 Å². The minimum Gasteiger partial charge on any atom is -0.339 e. The van der Waals surface area contributed by atoms with E-state index in [0.717, 1.165) is 6.07 Å². The van der Waals surface area contributed by atoms with E-state index in [2.05, 4.69) is 10.1 Å². The number of halogens is 1. The van der Waals surface area contributed by atoms with Gasteiger partial charge in [-0.2, -0.15) is 9.29 Å². The van der Waals surface area contributed by atoms with E-state index in [4.69, 9.17) is 4.52 Å². The zero-order valence-electron chi connectivity index (χ0n) is 15.6. The minimum absolute atomic E-state index is 0.121. The number of piperidine rings is 1. The first-order valence-corrected chi connectivity index (χ1v) is 10.6. The average molecular weight is 432 g/mol. The Morgan fingerprint density at radius 1 is 1.20 bits per heavy atom. The highest BCUT2D eigenvalue weighted by Crippen LogP contribution is 2.31. The van der Waals surface area contributed by atoms with Gasteiger partial charge in [0.1, 0.15) is 5.82 Å². The van der Waals surface area contributed by atoms with Crippen LogP contribution in [0.25, 0.3) is 11.4 Å². The standard InChI is InChI=1S/C19H17FN4O5S/c20-15-8-6-13(7-9-15)18-21-19(29-22-18)14-3-2-10-23(12-14)30(27,28)17-5-1-4-16(11-17)24(25)26/h1,4-9,11,14H,2-3,10,12H2/t14-/m0/s1. The van der Waals surface area contributed by atoms with Crippen LogP contribution < -0.4 is 0 Å². The van der Waals surface area contributed by atoms with Gasteiger partial charge in [0.15, 0.2) is 0 Å². The number of non-ortho nitro benzene ring substituents is 1. The van der Waals surface area contributed by atoms with Gasteiger partial charge in [0, 0.05) is 30.8 Å². The fraction of sp³-hybridized carbons (Fsp3) is 0.263. The quantitative estimate of drug-likeness (QED) is 0.448. The van der Waals surface area contributed by atoms with E-state index in [9.17, 15) is 22.9 Å². The van der Waals surface area contributed by atoms with Gasteiger partial charge in [-0.3, -0.25) is 10.1 Å². The molecule has 0 spiro atoms. The Balaban J connectivity index is 1.55. The average Bonchev–Trinajstić information content (AvgIpc) is 3.25. The summed E-state index contributed by atoms with van der Waals surface area (Å²) in [5, 5.41) is 14.9. The Morgan fingerprint density at radius 3 is 2.70 bits per heavy atom. The lowest BCUT2D eigenvalue weighted by Gasteiger charge is -2.30. The molecule has 11 heteroatoms. The van der Waals surface area contributed by atoms with Crippen molar-refractivity contribution in [3.8, 4) is 11.4 Å². The van der Waals surface area contributed by atoms with Crippen molar-refractivity contribution in [2.45, 2.75) is 23.7 Å². The first kappa shape index (κ1) is 20.1. The van der Waals surface area contributed by atoms with Crippen LogP contribution in [0.4, 0.5) is 10.1 Å². The van der Waals surface area contributed by atoms with Crippen LogP contribution in [0, 0.1) is 15.9 Å². The molecule has 0 N–H and O–H groups in total. The summed E-state index contributed by atoms with van der Waals surface area (Å²) in [6, 6.07) is 10.6. The summed E-state index contributed by atoms with van der Waals surface area (Å²) in [7, 11) is -3.91. The highest BCUT2D eigenvalue weighted by Gasteiger charge is 2.34. The normalized spacial score (nSPS) is 17.7. The number of sulfonamides is 1. The van der Waals surface area contributed by atoms with Gasteiger partial charge in [-0.1, -0.05) is 11.2 Å². The summed E-state index contributed by atoms with van der Waals surface area (Å²) in [6.45, 7) is 0.413. The summed E-state index contributed by atoms with van der Waals surface area (Å²) in [6.07, 6.45) is 1.24. The van der Waals surface area contributed by atoms with Crippen molar-refractivity contribution in [3.05, 3.63) is 70.4 Å². The lowest BCUT2D eigenvalue weighted by atomic mass is 10.00. The highest BCUT2D eigenvalue weighted by molar-refractivity contribution is 7.89. The molecule has 3 aromatic rings. The second-order valence-corrected chi connectivity index (χ2v) is 8.86. The molecule has 0 bridgehead atoms. The van der Waals surface area contributed by atoms with Crippen LogP contribution in [0.15, 0.2) is 57.9 Å². The van der Waals surface area contributed by atoms with Crippen LogP contribution in [-0.2, 0) is 10.0 Å². The molecular weight excluding hydrogens is 415 g/mol. The minimum atomic E-state index is -3.91. The first-order chi connectivity index (χ1) is 14.3. The predicted molar refractivity (Wildman–Crippen MR) is 104 cm³/mol. The molecule has 1 aromatic heterocycles. The Kier molecular flexibility index (Phi) is 5.31. The van der Waals surface area contributed by atoms with Crippen LogP contribution in [-0.4, -0.2) is 40.9 Å². The smallest absolute Gasteiger partial charge is 0.270 e. The lowest BCUT2D eigenvalue weighted by Crippen LogP contribution is -2.39. The maximum atomic E-state index is 13.1. The maximum Gasteiger partial charge on any atom is 0.270 e. The number of aromatic nitrogens is 2. The number of hydrogen-bond donors (Lipinski definition) is 0. The van der Waals surface area contributed by atoms with Crippen molar-refractivity contribution in [2.75, 3.05) is 13.1 Å². The van der Waals surface area contributed by atoms with Crippen molar-refractivity contribution in [3.63, 3.8) is 0 Å². The van der Waals surface area contributed by atoms with E-state index >= 15 is 0 Å². The molecule has 1 aliphatic rings. The zero-order chi connectivity index (χ0) is 21.3. The van der Waals surface area contributed by atoms with Crippen molar-refractivity contribution in [1.29, 1.82) is 0 Å². The fourth-order valence-electron chi connectivity index (χ4n) is 3.39. The van der Waals surface area contributed by atoms with Gasteiger partial charge < -0.3 is 4.52 Å². The summed E-state index contributed by atoms with van der Waals surface area (Å²) in [5.41, 5.74) is 0.300. The number of nitro groups is 1. The third-order valence-electron chi connectivity index (χ3n) is 4.94. The van der Waals surface area contributed by atoms with Gasteiger partial charge in [0.25, 0.3) is 5.69 Å². The lowest BCUT2D eigenvalue weighted by molar-refractivity contribution is -0.385. The molecule has 0 unspecified atom stereocenters. The van der Waals surface area contributed by atoms with Crippen LogP contribution in [0.5, 0.6) is 0 Å². The van der Waals surface area contributed by atoms with E-state index in [-0.39, 0.29) is 28.9 Å². The summed E-state index contributed by atoms with van der Waals surface area (Å²) in [5.74, 6) is -0.0948. The fourth-order valence-corrected chi connectivity index (χ4v) is 4.95. The second-order valence-electron chi connectivity index (χ2n) is 6.92. The number of benzene rings is 2. The third kappa shape index (κ3) is 3.94. The molecule has 156 valence electrons. The number of nitrogens with zero attached hydrogens (tertiary/aromatic N) is 4. The molecule has 1 atom stereocenters. The second kappa shape index (κ2) is 7.92. The van der Waals surface area contributed by atoms with Crippen LogP contribution in [0.1, 0.15) is 24.7 Å². The number of rotatable bonds is 5. The SMILES string of the molecule is O=[N+]([O-])c1cccc(S(=O)(=O)N2CCC[C@H](c3nc(-c4ccc(F)cc4)no3)C2)c1. The first-order valence-electron chi connectivity index (χ1n) is 9.19. The molecule has 2 heterocycles. The molecule has 0 amide bonds. The summed E-state index contributed by atoms with van der Waals surface area (Å²) < 4.78 is 45.7. The van der Waals surface area contributed by atoms with Crippen LogP contribution >= 0.6 is 0 Å². The third-order valence-corrected chi connectivity index (χ3v) is 6.80. The largest absolute Gasteiger partial charge is 0.339 e. The Morgan fingerprint density at radius 2 is 1.97 bits per heavy atom. The van der Waals surface area contributed by atoms with Crippen molar-refractivity contribution >= 4 is 15.7 Å². The molecule has 30 heavy (non-hydrogen) atoms. The molecule has 0 aliphatic carbocycles. The molecule has 1 fully saturated rings. The molecule has 4 rings (SSSR count). The summed E-state index contributed by atoms with van der Waals surface area (Å²) >= 11 is 0. The number of hydrogen-bond acceptors (Lipinski definition) is 7. The summed E-state index contributed by atoms with van der Waals surface area (Å²) in [4.78, 5) is 14.6. The van der Waals surface area contributed by atoms with E-state index in [1.165, 1.54) is 46.8 Å². The zero-order valence-corrected chi connectivity index (χ0v) is 16.5. The maximum absolute atomic E-state index is 13.1. The van der Waals surface area contributed by atoms with E-state index in [1.54, 1.807) is 0 Å². The molecule has 1 saturated heterocycles. The van der Waals surface area contributed by atoms with Crippen LogP contribution in [0.2, 0.25) is 0 Å². The van der Waals surface area contributed by atoms with Crippen molar-refractivity contribution in [1.82, 2.24) is 14.4 Å². The molecule has 1 aliphatic heterocycles. The van der Waals surface area contributed by atoms with E-state index < -0.39 is 14.9 Å². The van der Waals surface area contributed by atoms with Gasteiger partial charge in [-0.15, -0.1) is 0 Å². The molecule has 0 saturated carbocycles. The molecule has 2 aromatic carbocycles. The van der Waals surface area contributed by atoms with E-state index in [0.29, 0.717) is 36.7 Å². The van der Waals surface area contributed by atoms with Gasteiger partial charge in [0.05, 0.1) is 15.7 Å². The van der Waals surface area contributed by atoms with Gasteiger partial charge in [0.2, 0.25) is 21.7 Å². The van der Waals surface area contributed by atoms with E-state index in [1.807, 2.05) is 0 Å². The number of nitro benzene ring substituents is 1. The van der Waals surface area contributed by atoms with Gasteiger partial charge >= 0.3 is 0 Å². The van der Waals surface area contributed by atoms with Crippen molar-refractivity contribution in [2.24, 2.45) is 0 Å². The Hall–Kier alpha value is -3.18. The van der Waals surface area contributed by atoms with Crippen molar-refractivity contribution < 1.29 is 22.3 Å². The molecule has 9 nitrogen and oxygen atoms in total. The monoisotopic (exact) mass is 432 g/mol. The molecular formula is C19H17FN4O5S. The highest BCUT2D eigenvalue weighted by atomic mass is 32.2. The topological polar surface area (TPSA) is 119 Å². The van der Waals surface area contributed by atoms with Gasteiger partial charge in [-0.25, -0.2) is 12.8 Å². The predicted octanol–water partition coefficient (Wildman–Crippen LogP) is 3.35. The Bertz CT molecular complexity index is 1180. The van der Waals surface area contributed by atoms with Crippen LogP contribution in [0.3, 0.4) is 0 Å².